The highest BCUT2D eigenvalue weighted by molar-refractivity contribution is 5.97. The molecule has 7 nitrogen and oxygen atoms in total. The first-order chi connectivity index (χ1) is 15.9. The molecule has 0 aliphatic carbocycles. The number of aryl methyl sites for hydroxylation is 1. The highest BCUT2D eigenvalue weighted by atomic mass is 19.3. The summed E-state index contributed by atoms with van der Waals surface area (Å²) in [5.41, 5.74) is 3.15. The van der Waals surface area contributed by atoms with Crippen molar-refractivity contribution in [1.82, 2.24) is 9.88 Å². The van der Waals surface area contributed by atoms with Gasteiger partial charge < -0.3 is 15.4 Å². The predicted octanol–water partition coefficient (Wildman–Crippen LogP) is 3.24. The molecule has 0 saturated carbocycles. The van der Waals surface area contributed by atoms with Crippen LogP contribution in [-0.2, 0) is 16.8 Å². The third-order valence-corrected chi connectivity index (χ3v) is 5.34. The third kappa shape index (κ3) is 5.15. The summed E-state index contributed by atoms with van der Waals surface area (Å²) >= 11 is 0. The van der Waals surface area contributed by atoms with Crippen LogP contribution in [0.5, 0.6) is 5.75 Å². The number of Topliss-reactive ketones (excluding diaryl/α,β-unsaturated/α-hetero) is 1. The lowest BCUT2D eigenvalue weighted by molar-refractivity contribution is -0.130. The van der Waals surface area contributed by atoms with Crippen molar-refractivity contribution in [3.63, 3.8) is 0 Å². The first-order valence-electron chi connectivity index (χ1n) is 10.0. The van der Waals surface area contributed by atoms with E-state index in [2.05, 4.69) is 14.7 Å². The lowest BCUT2D eigenvalue weighted by Gasteiger charge is -2.39. The van der Waals surface area contributed by atoms with Crippen molar-refractivity contribution in [2.45, 2.75) is 38.8 Å². The molecule has 0 bridgehead atoms. The van der Waals surface area contributed by atoms with E-state index < -0.39 is 48.2 Å². The van der Waals surface area contributed by atoms with E-state index in [1.165, 1.54) is 26.0 Å². The number of ketones is 1. The smallest absolute Gasteiger partial charge is 0.387 e. The molecule has 0 fully saturated rings. The van der Waals surface area contributed by atoms with Crippen LogP contribution in [-0.4, -0.2) is 53.5 Å². The Labute approximate surface area is 191 Å². The summed E-state index contributed by atoms with van der Waals surface area (Å²) in [4.78, 5) is 33.3. The molecule has 1 aromatic carbocycles. The van der Waals surface area contributed by atoms with E-state index >= 15 is 0 Å². The lowest BCUT2D eigenvalue weighted by Crippen LogP contribution is -2.54. The number of amidine groups is 1. The number of nitrogens with two attached hydrogens (primary N) is 1. The van der Waals surface area contributed by atoms with Gasteiger partial charge in [0.05, 0.1) is 19.3 Å². The quantitative estimate of drug-likeness (QED) is 0.481. The Morgan fingerprint density at radius 1 is 1.24 bits per heavy atom. The third-order valence-electron chi connectivity index (χ3n) is 5.34. The molecular formula is C22H21F5N4O3. The number of carbonyl (C=O) groups is 2. The molecule has 3 rings (SSSR count). The van der Waals surface area contributed by atoms with Gasteiger partial charge in [0, 0.05) is 18.9 Å². The maximum absolute atomic E-state index is 14.8. The van der Waals surface area contributed by atoms with Crippen LogP contribution < -0.4 is 10.5 Å². The summed E-state index contributed by atoms with van der Waals surface area (Å²) < 4.78 is 72.3. The van der Waals surface area contributed by atoms with E-state index in [0.717, 1.165) is 23.2 Å². The maximum Gasteiger partial charge on any atom is 0.387 e. The van der Waals surface area contributed by atoms with Gasteiger partial charge in [-0.3, -0.25) is 14.6 Å². The average molecular weight is 484 g/mol. The van der Waals surface area contributed by atoms with Crippen molar-refractivity contribution in [2.24, 2.45) is 10.7 Å². The molecule has 0 saturated heterocycles. The first kappa shape index (κ1) is 25.1. The average Bonchev–Trinajstić information content (AvgIpc) is 2.73. The molecule has 1 amide bonds. The van der Waals surface area contributed by atoms with Gasteiger partial charge in [-0.1, -0.05) is 6.07 Å². The number of halogens is 5. The van der Waals surface area contributed by atoms with Gasteiger partial charge in [-0.2, -0.15) is 8.78 Å². The molecule has 2 N–H and O–H groups in total. The molecule has 182 valence electrons. The van der Waals surface area contributed by atoms with Crippen LogP contribution in [0.25, 0.3) is 0 Å². The number of rotatable bonds is 7. The SMILES string of the molecule is CC(=O)N1CC(N)=NC(c2cc(CC(=O)c3ncc(OC(F)F)cc3C)ccc2F)(C(F)F)C1. The first-order valence-corrected chi connectivity index (χ1v) is 10.0. The van der Waals surface area contributed by atoms with Gasteiger partial charge in [0.2, 0.25) is 5.91 Å². The Hall–Kier alpha value is -3.57. The molecule has 1 atom stereocenters. The minimum absolute atomic E-state index is 0.0428. The molecule has 1 aromatic heterocycles. The van der Waals surface area contributed by atoms with Crippen LogP contribution in [0.2, 0.25) is 0 Å². The molecule has 1 aliphatic heterocycles. The topological polar surface area (TPSA) is 97.9 Å². The van der Waals surface area contributed by atoms with Crippen molar-refractivity contribution < 1.29 is 36.3 Å². The summed E-state index contributed by atoms with van der Waals surface area (Å²) in [5, 5.41) is 0. The number of hydrogen-bond donors (Lipinski definition) is 1. The Morgan fingerprint density at radius 3 is 2.53 bits per heavy atom. The maximum atomic E-state index is 14.8. The number of nitrogens with zero attached hydrogens (tertiary/aromatic N) is 3. The molecule has 34 heavy (non-hydrogen) atoms. The Balaban J connectivity index is 1.95. The number of ether oxygens (including phenoxy) is 1. The highest BCUT2D eigenvalue weighted by Crippen LogP contribution is 2.38. The fourth-order valence-electron chi connectivity index (χ4n) is 3.76. The standard InChI is InChI=1S/C22H21F5N4O3/c1-11-5-14(34-21(26)27)8-29-19(11)17(33)7-13-3-4-16(23)15(6-13)22(20(24)25)10-31(12(2)32)9-18(28)30-22/h3-6,8,20-21H,7,9-10H2,1-2H3,(H2,28,30). The molecule has 1 aliphatic rings. The Bertz CT molecular complexity index is 1140. The number of amides is 1. The van der Waals surface area contributed by atoms with Crippen molar-refractivity contribution in [3.05, 3.63) is 58.7 Å². The van der Waals surface area contributed by atoms with Gasteiger partial charge in [0.15, 0.2) is 11.3 Å². The van der Waals surface area contributed by atoms with E-state index in [4.69, 9.17) is 5.73 Å². The van der Waals surface area contributed by atoms with E-state index in [1.54, 1.807) is 0 Å². The van der Waals surface area contributed by atoms with Gasteiger partial charge >= 0.3 is 6.61 Å². The second kappa shape index (κ2) is 9.74. The van der Waals surface area contributed by atoms with Crippen molar-refractivity contribution in [2.75, 3.05) is 13.1 Å². The number of benzene rings is 1. The van der Waals surface area contributed by atoms with E-state index in [1.807, 2.05) is 0 Å². The number of pyridine rings is 1. The van der Waals surface area contributed by atoms with E-state index in [0.29, 0.717) is 0 Å². The van der Waals surface area contributed by atoms with Crippen molar-refractivity contribution >= 4 is 17.5 Å². The second-order valence-corrected chi connectivity index (χ2v) is 7.83. The zero-order valence-corrected chi connectivity index (χ0v) is 18.2. The van der Waals surface area contributed by atoms with E-state index in [-0.39, 0.29) is 41.4 Å². The van der Waals surface area contributed by atoms with Gasteiger partial charge in [-0.25, -0.2) is 18.2 Å². The van der Waals surface area contributed by atoms with Crippen LogP contribution in [0.15, 0.2) is 35.5 Å². The van der Waals surface area contributed by atoms with E-state index in [9.17, 15) is 31.5 Å². The minimum Gasteiger partial charge on any atom is -0.433 e. The molecule has 2 heterocycles. The van der Waals surface area contributed by atoms with Crippen LogP contribution in [0, 0.1) is 12.7 Å². The normalized spacial score (nSPS) is 18.3. The summed E-state index contributed by atoms with van der Waals surface area (Å²) in [6.07, 6.45) is -2.59. The lowest BCUT2D eigenvalue weighted by atomic mass is 9.86. The summed E-state index contributed by atoms with van der Waals surface area (Å²) in [5.74, 6) is -2.57. The number of aromatic nitrogens is 1. The van der Waals surface area contributed by atoms with Gasteiger partial charge in [0.25, 0.3) is 6.43 Å². The monoisotopic (exact) mass is 484 g/mol. The fourth-order valence-corrected chi connectivity index (χ4v) is 3.76. The summed E-state index contributed by atoms with van der Waals surface area (Å²) in [6, 6.07) is 4.48. The predicted molar refractivity (Wildman–Crippen MR) is 112 cm³/mol. The minimum atomic E-state index is -3.21. The van der Waals surface area contributed by atoms with Gasteiger partial charge in [0.1, 0.15) is 23.1 Å². The van der Waals surface area contributed by atoms with Crippen molar-refractivity contribution in [3.8, 4) is 5.75 Å². The van der Waals surface area contributed by atoms with Crippen LogP contribution in [0.1, 0.15) is 34.1 Å². The zero-order valence-electron chi connectivity index (χ0n) is 18.2. The van der Waals surface area contributed by atoms with Crippen LogP contribution >= 0.6 is 0 Å². The van der Waals surface area contributed by atoms with Crippen LogP contribution in [0.3, 0.4) is 0 Å². The van der Waals surface area contributed by atoms with Gasteiger partial charge in [-0.15, -0.1) is 0 Å². The van der Waals surface area contributed by atoms with Crippen LogP contribution in [0.4, 0.5) is 22.0 Å². The zero-order chi connectivity index (χ0) is 25.2. The molecule has 1 unspecified atom stereocenters. The summed E-state index contributed by atoms with van der Waals surface area (Å²) in [7, 11) is 0. The molecule has 12 heteroatoms. The molecule has 0 radical (unpaired) electrons. The number of carbonyl (C=O) groups excluding carboxylic acids is 2. The van der Waals surface area contributed by atoms with Crippen molar-refractivity contribution in [1.29, 1.82) is 0 Å². The number of aliphatic imine (C=N–C) groups is 1. The highest BCUT2D eigenvalue weighted by Gasteiger charge is 2.48. The Morgan fingerprint density at radius 2 is 1.94 bits per heavy atom. The van der Waals surface area contributed by atoms with Gasteiger partial charge in [-0.05, 0) is 36.2 Å². The molecule has 2 aromatic rings. The molecule has 0 spiro atoms. The Kier molecular flexibility index (Phi) is 7.18. The fraction of sp³-hybridized carbons (Fsp3) is 0.364. The largest absolute Gasteiger partial charge is 0.433 e. The second-order valence-electron chi connectivity index (χ2n) is 7.83. The number of alkyl halides is 4. The summed E-state index contributed by atoms with van der Waals surface area (Å²) in [6.45, 7) is -1.18. The molecular weight excluding hydrogens is 463 g/mol. The number of hydrogen-bond acceptors (Lipinski definition) is 6.